The molecule has 60 valence electrons. The van der Waals surface area contributed by atoms with Crippen molar-refractivity contribution in [3.05, 3.63) is 30.8 Å². The lowest BCUT2D eigenvalue weighted by Crippen LogP contribution is -1.93. The van der Waals surface area contributed by atoms with E-state index in [1.807, 2.05) is 31.2 Å². The number of hydrogen-bond acceptors (Lipinski definition) is 2. The van der Waals surface area contributed by atoms with E-state index in [4.69, 9.17) is 0 Å². The first-order valence-electron chi connectivity index (χ1n) is 3.75. The fourth-order valence-corrected chi connectivity index (χ4v) is 1.15. The van der Waals surface area contributed by atoms with Crippen LogP contribution < -0.4 is 0 Å². The van der Waals surface area contributed by atoms with Gasteiger partial charge in [-0.2, -0.15) is 0 Å². The summed E-state index contributed by atoms with van der Waals surface area (Å²) in [5.41, 5.74) is 2.79. The minimum Gasteiger partial charge on any atom is -0.218 e. The summed E-state index contributed by atoms with van der Waals surface area (Å²) >= 11 is 0. The highest BCUT2D eigenvalue weighted by atomic mass is 15.4. The van der Waals surface area contributed by atoms with Crippen LogP contribution in [0, 0.1) is 0 Å². The van der Waals surface area contributed by atoms with Crippen LogP contribution in [-0.4, -0.2) is 15.0 Å². The Morgan fingerprint density at radius 1 is 1.42 bits per heavy atom. The van der Waals surface area contributed by atoms with Crippen molar-refractivity contribution in [3.8, 4) is 0 Å². The fraction of sp³-hybridized carbons (Fsp3) is 0.111. The minimum absolute atomic E-state index is 0.878. The molecule has 2 rings (SSSR count). The molecular formula is C9H9N3. The molecule has 1 heterocycles. The fourth-order valence-electron chi connectivity index (χ4n) is 1.15. The minimum atomic E-state index is 0.878. The van der Waals surface area contributed by atoms with E-state index in [2.05, 4.69) is 16.9 Å². The highest BCUT2D eigenvalue weighted by Crippen LogP contribution is 2.12. The highest BCUT2D eigenvalue weighted by molar-refractivity contribution is 5.76. The Hall–Kier alpha value is -1.64. The number of fused-ring (bicyclic) bond motifs is 1. The molecule has 12 heavy (non-hydrogen) atoms. The molecule has 0 atom stereocenters. The Balaban J connectivity index is 2.79. The van der Waals surface area contributed by atoms with Crippen LogP contribution in [0.2, 0.25) is 0 Å². The van der Waals surface area contributed by atoms with E-state index in [0.717, 1.165) is 16.7 Å². The number of nitrogens with zero attached hydrogens (tertiary/aromatic N) is 3. The van der Waals surface area contributed by atoms with Crippen LogP contribution in [0.25, 0.3) is 16.7 Å². The molecule has 0 spiro atoms. The van der Waals surface area contributed by atoms with E-state index in [1.54, 1.807) is 4.68 Å². The van der Waals surface area contributed by atoms with Gasteiger partial charge in [0.25, 0.3) is 0 Å². The summed E-state index contributed by atoms with van der Waals surface area (Å²) in [7, 11) is 0. The smallest absolute Gasteiger partial charge is 0.113 e. The van der Waals surface area contributed by atoms with Crippen LogP contribution in [0.5, 0.6) is 0 Å². The van der Waals surface area contributed by atoms with Crippen LogP contribution in [-0.2, 0) is 0 Å². The van der Waals surface area contributed by atoms with E-state index in [9.17, 15) is 0 Å². The zero-order valence-corrected chi connectivity index (χ0v) is 6.86. The molecule has 0 aliphatic heterocycles. The summed E-state index contributed by atoms with van der Waals surface area (Å²) in [5, 5.41) is 7.95. The summed E-state index contributed by atoms with van der Waals surface area (Å²) in [4.78, 5) is 0. The SMILES string of the molecule is C=C(C)n1nnc2ccccc21. The number of aromatic nitrogens is 3. The third-order valence-electron chi connectivity index (χ3n) is 1.71. The zero-order chi connectivity index (χ0) is 8.55. The predicted octanol–water partition coefficient (Wildman–Crippen LogP) is 1.92. The molecule has 1 aromatic heterocycles. The molecule has 0 aliphatic rings. The van der Waals surface area contributed by atoms with Crippen LogP contribution >= 0.6 is 0 Å². The average molecular weight is 159 g/mol. The van der Waals surface area contributed by atoms with E-state index in [1.165, 1.54) is 0 Å². The molecule has 0 fully saturated rings. The largest absolute Gasteiger partial charge is 0.218 e. The highest BCUT2D eigenvalue weighted by Gasteiger charge is 2.01. The second-order valence-electron chi connectivity index (χ2n) is 2.73. The van der Waals surface area contributed by atoms with Gasteiger partial charge < -0.3 is 0 Å². The molecular weight excluding hydrogens is 150 g/mol. The van der Waals surface area contributed by atoms with E-state index < -0.39 is 0 Å². The maximum Gasteiger partial charge on any atom is 0.113 e. The van der Waals surface area contributed by atoms with Crippen molar-refractivity contribution in [2.75, 3.05) is 0 Å². The Morgan fingerprint density at radius 3 is 2.92 bits per heavy atom. The standard InChI is InChI=1S/C9H9N3/c1-7(2)12-9-6-4-3-5-8(9)10-11-12/h3-6H,1H2,2H3. The van der Waals surface area contributed by atoms with Crippen LogP contribution in [0.1, 0.15) is 6.92 Å². The first-order chi connectivity index (χ1) is 5.79. The predicted molar refractivity (Wildman–Crippen MR) is 48.5 cm³/mol. The Labute approximate surface area is 70.3 Å². The lowest BCUT2D eigenvalue weighted by Gasteiger charge is -1.97. The van der Waals surface area contributed by atoms with Gasteiger partial charge in [-0.15, -0.1) is 5.10 Å². The third kappa shape index (κ3) is 0.906. The monoisotopic (exact) mass is 159 g/mol. The van der Waals surface area contributed by atoms with Crippen molar-refractivity contribution in [3.63, 3.8) is 0 Å². The van der Waals surface area contributed by atoms with Gasteiger partial charge in [-0.05, 0) is 19.1 Å². The average Bonchev–Trinajstić information content (AvgIpc) is 2.47. The van der Waals surface area contributed by atoms with Crippen molar-refractivity contribution in [1.82, 2.24) is 15.0 Å². The molecule has 0 saturated carbocycles. The van der Waals surface area contributed by atoms with Crippen molar-refractivity contribution in [1.29, 1.82) is 0 Å². The van der Waals surface area contributed by atoms with Crippen molar-refractivity contribution in [2.24, 2.45) is 0 Å². The van der Waals surface area contributed by atoms with Crippen molar-refractivity contribution >= 4 is 16.7 Å². The second-order valence-corrected chi connectivity index (χ2v) is 2.73. The van der Waals surface area contributed by atoms with Crippen molar-refractivity contribution < 1.29 is 0 Å². The maximum atomic E-state index is 3.99. The molecule has 3 heteroatoms. The van der Waals surface area contributed by atoms with Gasteiger partial charge in [-0.1, -0.05) is 23.9 Å². The summed E-state index contributed by atoms with van der Waals surface area (Å²) in [6.07, 6.45) is 0. The van der Waals surface area contributed by atoms with Crippen LogP contribution in [0.15, 0.2) is 30.8 Å². The molecule has 0 N–H and O–H groups in total. The molecule has 0 saturated heterocycles. The molecule has 0 unspecified atom stereocenters. The normalized spacial score (nSPS) is 10.4. The molecule has 3 nitrogen and oxygen atoms in total. The first kappa shape index (κ1) is 7.03. The van der Waals surface area contributed by atoms with Crippen LogP contribution in [0.4, 0.5) is 0 Å². The van der Waals surface area contributed by atoms with E-state index in [0.29, 0.717) is 0 Å². The number of hydrogen-bond donors (Lipinski definition) is 0. The Morgan fingerprint density at radius 2 is 2.17 bits per heavy atom. The van der Waals surface area contributed by atoms with Gasteiger partial charge in [0.2, 0.25) is 0 Å². The molecule has 0 radical (unpaired) electrons. The second kappa shape index (κ2) is 2.44. The van der Waals surface area contributed by atoms with Crippen LogP contribution in [0.3, 0.4) is 0 Å². The van der Waals surface area contributed by atoms with Gasteiger partial charge in [0.15, 0.2) is 0 Å². The number of para-hydroxylation sites is 1. The summed E-state index contributed by atoms with van der Waals surface area (Å²) in [5.74, 6) is 0. The van der Waals surface area contributed by atoms with Gasteiger partial charge in [-0.25, -0.2) is 4.68 Å². The van der Waals surface area contributed by atoms with Gasteiger partial charge in [-0.3, -0.25) is 0 Å². The molecule has 0 amide bonds. The Kier molecular flexibility index (Phi) is 1.43. The molecule has 0 bridgehead atoms. The maximum absolute atomic E-state index is 3.99. The number of allylic oxidation sites excluding steroid dienone is 1. The summed E-state index contributed by atoms with van der Waals surface area (Å²) in [6.45, 7) is 5.71. The number of rotatable bonds is 1. The zero-order valence-electron chi connectivity index (χ0n) is 6.86. The molecule has 0 aliphatic carbocycles. The van der Waals surface area contributed by atoms with Gasteiger partial charge in [0, 0.05) is 5.70 Å². The third-order valence-corrected chi connectivity index (χ3v) is 1.71. The van der Waals surface area contributed by atoms with Gasteiger partial charge in [0.1, 0.15) is 5.52 Å². The molecule has 1 aromatic carbocycles. The van der Waals surface area contributed by atoms with E-state index >= 15 is 0 Å². The Bertz CT molecular complexity index is 428. The molecule has 2 aromatic rings. The van der Waals surface area contributed by atoms with E-state index in [-0.39, 0.29) is 0 Å². The lowest BCUT2D eigenvalue weighted by molar-refractivity contribution is 0.837. The topological polar surface area (TPSA) is 30.7 Å². The van der Waals surface area contributed by atoms with Gasteiger partial charge >= 0.3 is 0 Å². The summed E-state index contributed by atoms with van der Waals surface area (Å²) < 4.78 is 1.73. The van der Waals surface area contributed by atoms with Gasteiger partial charge in [0.05, 0.1) is 5.52 Å². The number of benzene rings is 1. The van der Waals surface area contributed by atoms with Crippen molar-refractivity contribution in [2.45, 2.75) is 6.92 Å². The lowest BCUT2D eigenvalue weighted by atomic mass is 10.3. The quantitative estimate of drug-likeness (QED) is 0.636. The first-order valence-corrected chi connectivity index (χ1v) is 3.75. The summed E-state index contributed by atoms with van der Waals surface area (Å²) in [6, 6.07) is 7.82.